The SMILES string of the molecule is CC1(C)c2ccccc2-c2cc(N(c3ccc(-c4ccccc4)cc3)c3ccc(-c4ccc5c(c4)C(c4ccccc4)(c4ccccc4)c4c-5oc5ccccc45)cc3)ccc21. The number of rotatable bonds is 7. The van der Waals surface area contributed by atoms with Gasteiger partial charge in [-0.05, 0) is 110 Å². The molecule has 0 saturated carbocycles. The minimum atomic E-state index is -0.570. The lowest BCUT2D eigenvalue weighted by molar-refractivity contribution is 0.628. The molecule has 0 amide bonds. The van der Waals surface area contributed by atoms with Crippen molar-refractivity contribution in [2.24, 2.45) is 0 Å². The molecule has 10 aromatic rings. The number of hydrogen-bond acceptors (Lipinski definition) is 2. The molecule has 0 N–H and O–H groups in total. The highest BCUT2D eigenvalue weighted by molar-refractivity contribution is 5.98. The van der Waals surface area contributed by atoms with Crippen molar-refractivity contribution in [1.29, 1.82) is 0 Å². The Morgan fingerprint density at radius 2 is 0.887 bits per heavy atom. The maximum atomic E-state index is 6.79. The van der Waals surface area contributed by atoms with Crippen molar-refractivity contribution >= 4 is 28.0 Å². The van der Waals surface area contributed by atoms with E-state index in [4.69, 9.17) is 4.42 Å². The zero-order valence-corrected chi connectivity index (χ0v) is 34.7. The van der Waals surface area contributed by atoms with Crippen LogP contribution >= 0.6 is 0 Å². The van der Waals surface area contributed by atoms with Crippen LogP contribution in [0.1, 0.15) is 47.2 Å². The molecule has 0 fully saturated rings. The minimum absolute atomic E-state index is 0.0616. The van der Waals surface area contributed by atoms with E-state index in [9.17, 15) is 0 Å². The first-order valence-electron chi connectivity index (χ1n) is 21.6. The maximum absolute atomic E-state index is 6.79. The first kappa shape index (κ1) is 36.2. The Hall–Kier alpha value is -7.68. The summed E-state index contributed by atoms with van der Waals surface area (Å²) >= 11 is 0. The quantitative estimate of drug-likeness (QED) is 0.160. The number of furan rings is 1. The van der Waals surface area contributed by atoms with Crippen molar-refractivity contribution in [3.05, 3.63) is 258 Å². The van der Waals surface area contributed by atoms with E-state index in [2.05, 4.69) is 243 Å². The number of para-hydroxylation sites is 1. The standard InChI is InChI=1S/C60H43NO/c1-59(2)53-24-14-12-22-49(53)52-39-48(35-37-54(52)59)61(46-31-26-41(27-32-46)40-16-6-3-7-17-40)47-33-28-42(29-34-47)43-30-36-50-55(38-43)60(44-18-8-4-9-19-44,45-20-10-5-11-21-45)57-51-23-13-15-25-56(51)62-58(50)57/h3-39H,1-2H3. The molecule has 0 aliphatic heterocycles. The third-order valence-corrected chi connectivity index (χ3v) is 13.6. The van der Waals surface area contributed by atoms with Crippen LogP contribution in [0.4, 0.5) is 17.1 Å². The van der Waals surface area contributed by atoms with Crippen LogP contribution in [0.15, 0.2) is 229 Å². The van der Waals surface area contributed by atoms with Gasteiger partial charge in [0, 0.05) is 39.0 Å². The minimum Gasteiger partial charge on any atom is -0.456 e. The van der Waals surface area contributed by atoms with E-state index in [0.717, 1.165) is 50.5 Å². The number of hydrogen-bond donors (Lipinski definition) is 0. The van der Waals surface area contributed by atoms with Gasteiger partial charge in [-0.1, -0.05) is 190 Å². The van der Waals surface area contributed by atoms with Crippen molar-refractivity contribution in [2.75, 3.05) is 4.90 Å². The molecule has 0 radical (unpaired) electrons. The summed E-state index contributed by atoms with van der Waals surface area (Å²) in [5.41, 5.74) is 19.7. The lowest BCUT2D eigenvalue weighted by Crippen LogP contribution is -2.28. The molecule has 9 aromatic carbocycles. The first-order valence-corrected chi connectivity index (χ1v) is 21.6. The van der Waals surface area contributed by atoms with Gasteiger partial charge in [0.25, 0.3) is 0 Å². The van der Waals surface area contributed by atoms with Gasteiger partial charge in [0.1, 0.15) is 11.3 Å². The average molecular weight is 794 g/mol. The molecule has 62 heavy (non-hydrogen) atoms. The summed E-state index contributed by atoms with van der Waals surface area (Å²) in [6.45, 7) is 4.68. The predicted octanol–water partition coefficient (Wildman–Crippen LogP) is 15.9. The van der Waals surface area contributed by atoms with Crippen LogP contribution in [0.2, 0.25) is 0 Å². The Morgan fingerprint density at radius 3 is 1.56 bits per heavy atom. The van der Waals surface area contributed by atoms with E-state index >= 15 is 0 Å². The zero-order valence-electron chi connectivity index (χ0n) is 34.7. The highest BCUT2D eigenvalue weighted by Gasteiger charge is 2.49. The lowest BCUT2D eigenvalue weighted by Gasteiger charge is -2.33. The Balaban J connectivity index is 0.998. The second-order valence-electron chi connectivity index (χ2n) is 17.2. The summed E-state index contributed by atoms with van der Waals surface area (Å²) in [6.07, 6.45) is 0. The summed E-state index contributed by atoms with van der Waals surface area (Å²) < 4.78 is 6.79. The Kier molecular flexibility index (Phi) is 8.14. The van der Waals surface area contributed by atoms with Crippen molar-refractivity contribution < 1.29 is 4.42 Å². The molecule has 294 valence electrons. The van der Waals surface area contributed by atoms with Gasteiger partial charge in [-0.25, -0.2) is 0 Å². The van der Waals surface area contributed by atoms with Gasteiger partial charge < -0.3 is 9.32 Å². The molecule has 2 nitrogen and oxygen atoms in total. The van der Waals surface area contributed by atoms with Gasteiger partial charge in [0.15, 0.2) is 0 Å². The molecule has 0 spiro atoms. The van der Waals surface area contributed by atoms with Crippen LogP contribution in [0, 0.1) is 0 Å². The van der Waals surface area contributed by atoms with Crippen molar-refractivity contribution in [3.8, 4) is 44.7 Å². The van der Waals surface area contributed by atoms with Crippen LogP contribution in [-0.2, 0) is 10.8 Å². The fourth-order valence-corrected chi connectivity index (χ4v) is 10.6. The highest BCUT2D eigenvalue weighted by atomic mass is 16.3. The summed E-state index contributed by atoms with van der Waals surface area (Å²) in [5.74, 6) is 0.949. The second kappa shape index (κ2) is 13.9. The summed E-state index contributed by atoms with van der Waals surface area (Å²) in [5, 5.41) is 1.15. The van der Waals surface area contributed by atoms with E-state index in [1.165, 1.54) is 55.6 Å². The molecule has 1 heterocycles. The summed E-state index contributed by atoms with van der Waals surface area (Å²) in [7, 11) is 0. The Morgan fingerprint density at radius 1 is 0.371 bits per heavy atom. The second-order valence-corrected chi connectivity index (χ2v) is 17.2. The fraction of sp³-hybridized carbons (Fsp3) is 0.0667. The van der Waals surface area contributed by atoms with Gasteiger partial charge >= 0.3 is 0 Å². The van der Waals surface area contributed by atoms with Crippen LogP contribution < -0.4 is 4.90 Å². The molecule has 2 aliphatic carbocycles. The predicted molar refractivity (Wildman–Crippen MR) is 257 cm³/mol. The number of fused-ring (bicyclic) bond motifs is 8. The number of nitrogens with zero attached hydrogens (tertiary/aromatic N) is 1. The fourth-order valence-electron chi connectivity index (χ4n) is 10.6. The number of anilines is 3. The molecule has 1 aromatic heterocycles. The van der Waals surface area contributed by atoms with Gasteiger partial charge in [-0.3, -0.25) is 0 Å². The van der Waals surface area contributed by atoms with Crippen LogP contribution in [0.3, 0.4) is 0 Å². The van der Waals surface area contributed by atoms with Crippen molar-refractivity contribution in [3.63, 3.8) is 0 Å². The lowest BCUT2D eigenvalue weighted by atomic mass is 9.67. The van der Waals surface area contributed by atoms with Crippen molar-refractivity contribution in [1.82, 2.24) is 0 Å². The topological polar surface area (TPSA) is 16.4 Å². The van der Waals surface area contributed by atoms with E-state index < -0.39 is 5.41 Å². The van der Waals surface area contributed by atoms with Crippen LogP contribution in [0.5, 0.6) is 0 Å². The van der Waals surface area contributed by atoms with E-state index in [1.54, 1.807) is 0 Å². The molecule has 12 rings (SSSR count). The Bertz CT molecular complexity index is 3250. The van der Waals surface area contributed by atoms with Crippen LogP contribution in [-0.4, -0.2) is 0 Å². The highest BCUT2D eigenvalue weighted by Crippen LogP contribution is 2.60. The average Bonchev–Trinajstić information content (AvgIpc) is 3.93. The van der Waals surface area contributed by atoms with E-state index in [0.29, 0.717) is 0 Å². The largest absolute Gasteiger partial charge is 0.456 e. The van der Waals surface area contributed by atoms with E-state index in [-0.39, 0.29) is 5.41 Å². The summed E-state index contributed by atoms with van der Waals surface area (Å²) in [4.78, 5) is 2.40. The summed E-state index contributed by atoms with van der Waals surface area (Å²) in [6, 6.07) is 82.0. The zero-order chi connectivity index (χ0) is 41.4. The number of benzene rings is 9. The molecule has 0 unspecified atom stereocenters. The third kappa shape index (κ3) is 5.36. The molecule has 2 aliphatic rings. The molecule has 0 atom stereocenters. The van der Waals surface area contributed by atoms with E-state index in [1.807, 2.05) is 0 Å². The van der Waals surface area contributed by atoms with Crippen LogP contribution in [0.25, 0.3) is 55.7 Å². The van der Waals surface area contributed by atoms with Gasteiger partial charge in [-0.15, -0.1) is 0 Å². The van der Waals surface area contributed by atoms with Gasteiger partial charge in [0.2, 0.25) is 0 Å². The Labute approximate surface area is 363 Å². The smallest absolute Gasteiger partial charge is 0.140 e. The first-order chi connectivity index (χ1) is 30.5. The maximum Gasteiger partial charge on any atom is 0.140 e. The third-order valence-electron chi connectivity index (χ3n) is 13.6. The van der Waals surface area contributed by atoms with Gasteiger partial charge in [0.05, 0.1) is 5.41 Å². The molecule has 0 saturated heterocycles. The molecule has 0 bridgehead atoms. The monoisotopic (exact) mass is 793 g/mol. The molecule has 2 heteroatoms. The molecular weight excluding hydrogens is 751 g/mol. The molecular formula is C60H43NO. The van der Waals surface area contributed by atoms with Crippen molar-refractivity contribution in [2.45, 2.75) is 24.7 Å². The normalized spacial score (nSPS) is 13.9. The van der Waals surface area contributed by atoms with Gasteiger partial charge in [-0.2, -0.15) is 0 Å².